The summed E-state index contributed by atoms with van der Waals surface area (Å²) in [5, 5.41) is 1.69. The predicted molar refractivity (Wildman–Crippen MR) is 92.6 cm³/mol. The Labute approximate surface area is 140 Å². The molecule has 0 unspecified atom stereocenters. The highest BCUT2D eigenvalue weighted by Crippen LogP contribution is 2.23. The van der Waals surface area contributed by atoms with E-state index in [1.54, 1.807) is 17.3 Å². The second-order valence-corrected chi connectivity index (χ2v) is 6.04. The third-order valence-electron chi connectivity index (χ3n) is 3.98. The molecule has 23 heavy (non-hydrogen) atoms. The summed E-state index contributed by atoms with van der Waals surface area (Å²) in [6, 6.07) is 9.61. The molecular formula is C18H18ClN3O. The number of pyridine rings is 1. The number of rotatable bonds is 5. The van der Waals surface area contributed by atoms with Crippen molar-refractivity contribution in [3.63, 3.8) is 0 Å². The second-order valence-electron chi connectivity index (χ2n) is 5.60. The largest absolute Gasteiger partial charge is 0.361 e. The van der Waals surface area contributed by atoms with Crippen LogP contribution in [0.5, 0.6) is 0 Å². The summed E-state index contributed by atoms with van der Waals surface area (Å²) in [6.07, 6.45) is 6.62. The number of nitrogens with one attached hydrogen (secondary N) is 1. The van der Waals surface area contributed by atoms with Gasteiger partial charge in [0.05, 0.1) is 6.42 Å². The summed E-state index contributed by atoms with van der Waals surface area (Å²) in [4.78, 5) is 21.4. The Morgan fingerprint density at radius 3 is 2.83 bits per heavy atom. The Morgan fingerprint density at radius 1 is 1.26 bits per heavy atom. The fourth-order valence-electron chi connectivity index (χ4n) is 2.57. The van der Waals surface area contributed by atoms with Crippen molar-refractivity contribution in [2.24, 2.45) is 0 Å². The normalized spacial score (nSPS) is 10.9. The second kappa shape index (κ2) is 6.84. The zero-order chi connectivity index (χ0) is 16.2. The lowest BCUT2D eigenvalue weighted by atomic mass is 10.1. The number of aromatic amines is 1. The summed E-state index contributed by atoms with van der Waals surface area (Å²) in [5.74, 6) is 0.0972. The van der Waals surface area contributed by atoms with Crippen molar-refractivity contribution in [3.05, 3.63) is 65.1 Å². The lowest BCUT2D eigenvalue weighted by molar-refractivity contribution is -0.129. The molecule has 0 atom stereocenters. The van der Waals surface area contributed by atoms with Crippen LogP contribution in [0.1, 0.15) is 11.1 Å². The predicted octanol–water partition coefficient (Wildman–Crippen LogP) is 3.46. The van der Waals surface area contributed by atoms with Gasteiger partial charge in [-0.3, -0.25) is 9.78 Å². The van der Waals surface area contributed by atoms with Crippen LogP contribution in [0.4, 0.5) is 0 Å². The molecule has 0 saturated heterocycles. The van der Waals surface area contributed by atoms with E-state index in [1.807, 2.05) is 43.6 Å². The highest BCUT2D eigenvalue weighted by molar-refractivity contribution is 6.31. The topological polar surface area (TPSA) is 49.0 Å². The summed E-state index contributed by atoms with van der Waals surface area (Å²) in [6.45, 7) is 0.686. The van der Waals surface area contributed by atoms with Crippen LogP contribution in [0.3, 0.4) is 0 Å². The first-order valence-electron chi connectivity index (χ1n) is 7.52. The van der Waals surface area contributed by atoms with Gasteiger partial charge in [-0.2, -0.15) is 0 Å². The average molecular weight is 328 g/mol. The first-order chi connectivity index (χ1) is 11.1. The number of hydrogen-bond acceptors (Lipinski definition) is 2. The Kier molecular flexibility index (Phi) is 4.63. The SMILES string of the molecule is CN(CCc1ccncc1)C(=O)Cc1c[nH]c2ccc(Cl)cc12. The number of amides is 1. The molecule has 1 N–H and O–H groups in total. The number of carbonyl (C=O) groups excluding carboxylic acids is 1. The molecule has 3 aromatic rings. The van der Waals surface area contributed by atoms with Gasteiger partial charge >= 0.3 is 0 Å². The summed E-state index contributed by atoms with van der Waals surface area (Å²) >= 11 is 6.05. The van der Waals surface area contributed by atoms with Crippen LogP contribution in [0.2, 0.25) is 5.02 Å². The molecule has 0 saturated carbocycles. The van der Waals surface area contributed by atoms with Gasteiger partial charge < -0.3 is 9.88 Å². The van der Waals surface area contributed by atoms with Gasteiger partial charge in [-0.15, -0.1) is 0 Å². The lowest BCUT2D eigenvalue weighted by Crippen LogP contribution is -2.30. The van der Waals surface area contributed by atoms with Gasteiger partial charge in [-0.1, -0.05) is 11.6 Å². The molecule has 0 spiro atoms. The molecule has 1 aromatic carbocycles. The van der Waals surface area contributed by atoms with E-state index < -0.39 is 0 Å². The smallest absolute Gasteiger partial charge is 0.226 e. The third kappa shape index (κ3) is 3.71. The lowest BCUT2D eigenvalue weighted by Gasteiger charge is -2.17. The summed E-state index contributed by atoms with van der Waals surface area (Å²) in [7, 11) is 1.84. The van der Waals surface area contributed by atoms with Gasteiger partial charge in [0.25, 0.3) is 0 Å². The zero-order valence-corrected chi connectivity index (χ0v) is 13.7. The van der Waals surface area contributed by atoms with E-state index in [4.69, 9.17) is 11.6 Å². The van der Waals surface area contributed by atoms with Crippen LogP contribution >= 0.6 is 11.6 Å². The molecule has 118 valence electrons. The van der Waals surface area contributed by atoms with Crippen molar-refractivity contribution >= 4 is 28.4 Å². The first-order valence-corrected chi connectivity index (χ1v) is 7.89. The van der Waals surface area contributed by atoms with Gasteiger partial charge in [0.2, 0.25) is 5.91 Å². The fraction of sp³-hybridized carbons (Fsp3) is 0.222. The number of carbonyl (C=O) groups is 1. The molecule has 3 rings (SSSR count). The van der Waals surface area contributed by atoms with E-state index in [2.05, 4.69) is 9.97 Å². The van der Waals surface area contributed by atoms with E-state index in [-0.39, 0.29) is 5.91 Å². The van der Waals surface area contributed by atoms with Crippen molar-refractivity contribution in [2.75, 3.05) is 13.6 Å². The van der Waals surface area contributed by atoms with E-state index in [0.717, 1.165) is 22.9 Å². The molecule has 0 aliphatic heterocycles. The number of fused-ring (bicyclic) bond motifs is 1. The Balaban J connectivity index is 1.64. The molecule has 5 heteroatoms. The zero-order valence-electron chi connectivity index (χ0n) is 12.9. The molecule has 4 nitrogen and oxygen atoms in total. The van der Waals surface area contributed by atoms with Gasteiger partial charge in [0.1, 0.15) is 0 Å². The molecule has 0 radical (unpaired) electrons. The molecule has 0 aliphatic rings. The van der Waals surface area contributed by atoms with Crippen LogP contribution in [0.15, 0.2) is 48.9 Å². The van der Waals surface area contributed by atoms with Crippen molar-refractivity contribution in [3.8, 4) is 0 Å². The molecule has 0 bridgehead atoms. The van der Waals surface area contributed by atoms with Crippen LogP contribution in [0.25, 0.3) is 10.9 Å². The quantitative estimate of drug-likeness (QED) is 0.780. The Bertz CT molecular complexity index is 814. The van der Waals surface area contributed by atoms with Crippen molar-refractivity contribution in [1.29, 1.82) is 0 Å². The summed E-state index contributed by atoms with van der Waals surface area (Å²) < 4.78 is 0. The van der Waals surface area contributed by atoms with Crippen molar-refractivity contribution < 1.29 is 4.79 Å². The molecule has 2 aromatic heterocycles. The van der Waals surface area contributed by atoms with E-state index in [0.29, 0.717) is 18.0 Å². The number of hydrogen-bond donors (Lipinski definition) is 1. The fourth-order valence-corrected chi connectivity index (χ4v) is 2.74. The maximum absolute atomic E-state index is 12.4. The monoisotopic (exact) mass is 327 g/mol. The van der Waals surface area contributed by atoms with Gasteiger partial charge in [-0.05, 0) is 47.9 Å². The third-order valence-corrected chi connectivity index (χ3v) is 4.22. The number of benzene rings is 1. The van der Waals surface area contributed by atoms with E-state index in [9.17, 15) is 4.79 Å². The maximum atomic E-state index is 12.4. The highest BCUT2D eigenvalue weighted by Gasteiger charge is 2.13. The number of H-pyrrole nitrogens is 1. The standard InChI is InChI=1S/C18H18ClN3O/c1-22(9-6-13-4-7-20-8-5-13)18(23)10-14-12-21-17-3-2-15(19)11-16(14)17/h2-5,7-8,11-12,21H,6,9-10H2,1H3. The van der Waals surface area contributed by atoms with E-state index >= 15 is 0 Å². The number of aromatic nitrogens is 2. The van der Waals surface area contributed by atoms with Gasteiger partial charge in [-0.25, -0.2) is 0 Å². The molecule has 1 amide bonds. The Morgan fingerprint density at radius 2 is 2.04 bits per heavy atom. The molecule has 2 heterocycles. The minimum Gasteiger partial charge on any atom is -0.361 e. The van der Waals surface area contributed by atoms with Crippen molar-refractivity contribution in [2.45, 2.75) is 12.8 Å². The highest BCUT2D eigenvalue weighted by atomic mass is 35.5. The van der Waals surface area contributed by atoms with E-state index in [1.165, 1.54) is 5.56 Å². The van der Waals surface area contributed by atoms with Crippen LogP contribution in [-0.4, -0.2) is 34.4 Å². The van der Waals surface area contributed by atoms with Crippen LogP contribution in [0, 0.1) is 0 Å². The van der Waals surface area contributed by atoms with Gasteiger partial charge in [0.15, 0.2) is 0 Å². The number of likely N-dealkylation sites (N-methyl/N-ethyl adjacent to an activating group) is 1. The maximum Gasteiger partial charge on any atom is 0.226 e. The molecule has 0 fully saturated rings. The molecular weight excluding hydrogens is 310 g/mol. The first kappa shape index (κ1) is 15.6. The average Bonchev–Trinajstić information content (AvgIpc) is 2.95. The Hall–Kier alpha value is -2.33. The van der Waals surface area contributed by atoms with Crippen LogP contribution in [-0.2, 0) is 17.6 Å². The minimum absolute atomic E-state index is 0.0972. The van der Waals surface area contributed by atoms with Gasteiger partial charge in [0, 0.05) is 48.1 Å². The van der Waals surface area contributed by atoms with Crippen molar-refractivity contribution in [1.82, 2.24) is 14.9 Å². The number of nitrogens with zero attached hydrogens (tertiary/aromatic N) is 2. The summed E-state index contributed by atoms with van der Waals surface area (Å²) in [5.41, 5.74) is 3.15. The number of halogens is 1. The molecule has 0 aliphatic carbocycles. The van der Waals surface area contributed by atoms with Crippen LogP contribution < -0.4 is 0 Å². The minimum atomic E-state index is 0.0972.